The zero-order chi connectivity index (χ0) is 13.9. The fourth-order valence-electron chi connectivity index (χ4n) is 2.96. The summed E-state index contributed by atoms with van der Waals surface area (Å²) in [6.07, 6.45) is 5.21. The second-order valence-corrected chi connectivity index (χ2v) is 6.73. The van der Waals surface area contributed by atoms with Crippen LogP contribution in [-0.2, 0) is 0 Å². The molecular formula is C16H18ClNOS. The molecule has 1 atom stereocenters. The summed E-state index contributed by atoms with van der Waals surface area (Å²) in [5.74, 6) is 0.812. The highest BCUT2D eigenvalue weighted by molar-refractivity contribution is 7.10. The Kier molecular flexibility index (Phi) is 4.18. The van der Waals surface area contributed by atoms with Crippen molar-refractivity contribution < 1.29 is 5.11 Å². The standard InChI is InChI=1S/C16H18ClNOS/c17-13-10-12(7-8-14(13)19)18-16(11-4-1-2-5-11)15-6-3-9-20-15/h3,6-11,16,18-19H,1-2,4-5H2. The first-order chi connectivity index (χ1) is 9.74. The van der Waals surface area contributed by atoms with Crippen molar-refractivity contribution in [3.63, 3.8) is 0 Å². The van der Waals surface area contributed by atoms with Crippen molar-refractivity contribution in [1.82, 2.24) is 0 Å². The maximum Gasteiger partial charge on any atom is 0.134 e. The predicted octanol–water partition coefficient (Wildman–Crippen LogP) is 5.45. The number of benzene rings is 1. The van der Waals surface area contributed by atoms with Crippen LogP contribution in [0.3, 0.4) is 0 Å². The summed E-state index contributed by atoms with van der Waals surface area (Å²) >= 11 is 7.79. The van der Waals surface area contributed by atoms with E-state index in [1.807, 2.05) is 6.07 Å². The predicted molar refractivity (Wildman–Crippen MR) is 85.8 cm³/mol. The SMILES string of the molecule is Oc1ccc(NC(c2cccs2)C2CCCC2)cc1Cl. The molecule has 2 nitrogen and oxygen atoms in total. The van der Waals surface area contributed by atoms with Crippen molar-refractivity contribution in [3.8, 4) is 5.75 Å². The summed E-state index contributed by atoms with van der Waals surface area (Å²) in [5, 5.41) is 15.6. The van der Waals surface area contributed by atoms with Crippen molar-refractivity contribution in [2.24, 2.45) is 5.92 Å². The van der Waals surface area contributed by atoms with Gasteiger partial charge in [0.15, 0.2) is 0 Å². The van der Waals surface area contributed by atoms with E-state index in [-0.39, 0.29) is 5.75 Å². The number of aromatic hydroxyl groups is 1. The first kappa shape index (κ1) is 13.8. The molecule has 4 heteroatoms. The number of rotatable bonds is 4. The van der Waals surface area contributed by atoms with Gasteiger partial charge in [-0.25, -0.2) is 0 Å². The Morgan fingerprint density at radius 3 is 2.70 bits per heavy atom. The minimum atomic E-state index is 0.130. The number of phenols is 1. The molecule has 1 saturated carbocycles. The Morgan fingerprint density at radius 1 is 1.25 bits per heavy atom. The molecule has 1 fully saturated rings. The van der Waals surface area contributed by atoms with E-state index < -0.39 is 0 Å². The molecular weight excluding hydrogens is 290 g/mol. The second-order valence-electron chi connectivity index (χ2n) is 5.35. The number of phenolic OH excluding ortho intramolecular Hbond substituents is 1. The van der Waals surface area contributed by atoms with Gasteiger partial charge < -0.3 is 10.4 Å². The molecule has 2 N–H and O–H groups in total. The third-order valence-electron chi connectivity index (χ3n) is 3.99. The lowest BCUT2D eigenvalue weighted by Crippen LogP contribution is -2.17. The number of nitrogens with one attached hydrogen (secondary N) is 1. The van der Waals surface area contributed by atoms with E-state index >= 15 is 0 Å². The molecule has 2 aromatic rings. The van der Waals surface area contributed by atoms with E-state index in [9.17, 15) is 5.11 Å². The highest BCUT2D eigenvalue weighted by Gasteiger charge is 2.27. The Hall–Kier alpha value is -1.19. The van der Waals surface area contributed by atoms with Crippen LogP contribution in [0.5, 0.6) is 5.75 Å². The quantitative estimate of drug-likeness (QED) is 0.736. The number of thiophene rings is 1. The van der Waals surface area contributed by atoms with Gasteiger partial charge in [-0.3, -0.25) is 0 Å². The van der Waals surface area contributed by atoms with Gasteiger partial charge in [-0.15, -0.1) is 11.3 Å². The molecule has 20 heavy (non-hydrogen) atoms. The molecule has 0 amide bonds. The number of anilines is 1. The van der Waals surface area contributed by atoms with Crippen LogP contribution in [0.2, 0.25) is 5.02 Å². The van der Waals surface area contributed by atoms with Crippen LogP contribution in [0.15, 0.2) is 35.7 Å². The molecule has 0 spiro atoms. The van der Waals surface area contributed by atoms with Crippen LogP contribution < -0.4 is 5.32 Å². The first-order valence-electron chi connectivity index (χ1n) is 7.02. The second kappa shape index (κ2) is 6.06. The monoisotopic (exact) mass is 307 g/mol. The van der Waals surface area contributed by atoms with E-state index in [4.69, 9.17) is 11.6 Å². The molecule has 1 aromatic heterocycles. The van der Waals surface area contributed by atoms with Crippen molar-refractivity contribution in [2.45, 2.75) is 31.7 Å². The molecule has 3 rings (SSSR count). The van der Waals surface area contributed by atoms with Crippen LogP contribution in [0.25, 0.3) is 0 Å². The smallest absolute Gasteiger partial charge is 0.134 e. The normalized spacial score (nSPS) is 17.2. The Morgan fingerprint density at radius 2 is 2.05 bits per heavy atom. The Balaban J connectivity index is 1.84. The zero-order valence-corrected chi connectivity index (χ0v) is 12.8. The lowest BCUT2D eigenvalue weighted by molar-refractivity contribution is 0.472. The summed E-state index contributed by atoms with van der Waals surface area (Å²) in [6, 6.07) is 9.97. The highest BCUT2D eigenvalue weighted by atomic mass is 35.5. The van der Waals surface area contributed by atoms with Crippen LogP contribution in [-0.4, -0.2) is 5.11 Å². The lowest BCUT2D eigenvalue weighted by atomic mass is 9.96. The van der Waals surface area contributed by atoms with Gasteiger partial charge in [0.2, 0.25) is 0 Å². The fourth-order valence-corrected chi connectivity index (χ4v) is 4.01. The summed E-state index contributed by atoms with van der Waals surface area (Å²) in [7, 11) is 0. The summed E-state index contributed by atoms with van der Waals surface area (Å²) in [4.78, 5) is 1.38. The summed E-state index contributed by atoms with van der Waals surface area (Å²) in [5.41, 5.74) is 0.970. The molecule has 1 unspecified atom stereocenters. The number of hydrogen-bond donors (Lipinski definition) is 2. The maximum atomic E-state index is 9.52. The van der Waals surface area contributed by atoms with Crippen molar-refractivity contribution in [1.29, 1.82) is 0 Å². The van der Waals surface area contributed by atoms with Crippen LogP contribution >= 0.6 is 22.9 Å². The van der Waals surface area contributed by atoms with Gasteiger partial charge in [0.25, 0.3) is 0 Å². The number of hydrogen-bond acceptors (Lipinski definition) is 3. The lowest BCUT2D eigenvalue weighted by Gasteiger charge is -2.25. The van der Waals surface area contributed by atoms with Crippen molar-refractivity contribution in [3.05, 3.63) is 45.6 Å². The molecule has 106 valence electrons. The van der Waals surface area contributed by atoms with Crippen LogP contribution in [0, 0.1) is 5.92 Å². The van der Waals surface area contributed by atoms with Crippen LogP contribution in [0.1, 0.15) is 36.6 Å². The molecule has 1 aliphatic rings. The third-order valence-corrected chi connectivity index (χ3v) is 5.25. The van der Waals surface area contributed by atoms with Gasteiger partial charge in [-0.05, 0) is 48.4 Å². The number of halogens is 1. The third kappa shape index (κ3) is 2.94. The van der Waals surface area contributed by atoms with Gasteiger partial charge in [0.1, 0.15) is 5.75 Å². The summed E-state index contributed by atoms with van der Waals surface area (Å²) in [6.45, 7) is 0. The largest absolute Gasteiger partial charge is 0.506 e. The minimum absolute atomic E-state index is 0.130. The molecule has 1 heterocycles. The summed E-state index contributed by atoms with van der Waals surface area (Å²) < 4.78 is 0. The van der Waals surface area contributed by atoms with E-state index in [0.29, 0.717) is 17.0 Å². The maximum absolute atomic E-state index is 9.52. The van der Waals surface area contributed by atoms with Crippen molar-refractivity contribution >= 4 is 28.6 Å². The first-order valence-corrected chi connectivity index (χ1v) is 8.28. The van der Waals surface area contributed by atoms with Crippen molar-refractivity contribution in [2.75, 3.05) is 5.32 Å². The molecule has 1 aliphatic carbocycles. The fraction of sp³-hybridized carbons (Fsp3) is 0.375. The Labute approximate surface area is 128 Å². The van der Waals surface area contributed by atoms with E-state index in [0.717, 1.165) is 5.69 Å². The van der Waals surface area contributed by atoms with Gasteiger partial charge >= 0.3 is 0 Å². The Bertz CT molecular complexity index is 564. The molecule has 0 radical (unpaired) electrons. The molecule has 0 aliphatic heterocycles. The highest BCUT2D eigenvalue weighted by Crippen LogP contribution is 2.40. The van der Waals surface area contributed by atoms with Gasteiger partial charge in [-0.1, -0.05) is 30.5 Å². The van der Waals surface area contributed by atoms with Gasteiger partial charge in [-0.2, -0.15) is 0 Å². The topological polar surface area (TPSA) is 32.3 Å². The molecule has 0 saturated heterocycles. The van der Waals surface area contributed by atoms with Crippen LogP contribution in [0.4, 0.5) is 5.69 Å². The molecule has 1 aromatic carbocycles. The average Bonchev–Trinajstić information content (AvgIpc) is 3.12. The van der Waals surface area contributed by atoms with Gasteiger partial charge in [0, 0.05) is 10.6 Å². The average molecular weight is 308 g/mol. The van der Waals surface area contributed by atoms with Gasteiger partial charge in [0.05, 0.1) is 11.1 Å². The van der Waals surface area contributed by atoms with E-state index in [1.165, 1.54) is 30.6 Å². The van der Waals surface area contributed by atoms with E-state index in [1.54, 1.807) is 23.5 Å². The molecule has 0 bridgehead atoms. The zero-order valence-electron chi connectivity index (χ0n) is 11.2. The minimum Gasteiger partial charge on any atom is -0.506 e. The van der Waals surface area contributed by atoms with E-state index in [2.05, 4.69) is 22.8 Å².